The molecule has 1 saturated carbocycles. The second-order valence-corrected chi connectivity index (χ2v) is 5.71. The van der Waals surface area contributed by atoms with Crippen LogP contribution in [0.4, 0.5) is 18.9 Å². The monoisotopic (exact) mass is 320 g/mol. The third kappa shape index (κ3) is 3.81. The van der Waals surface area contributed by atoms with Gasteiger partial charge in [0.15, 0.2) is 0 Å². The highest BCUT2D eigenvalue weighted by molar-refractivity contribution is 6.36. The Hall–Kier alpha value is -1.43. The van der Waals surface area contributed by atoms with Gasteiger partial charge in [-0.05, 0) is 37.8 Å². The zero-order valence-corrected chi connectivity index (χ0v) is 12.2. The molecule has 0 aromatic heterocycles. The summed E-state index contributed by atoms with van der Waals surface area (Å²) in [5.41, 5.74) is 5.79. The summed E-state index contributed by atoms with van der Waals surface area (Å²) in [7, 11) is 0. The largest absolute Gasteiger partial charge is 0.406 e. The highest BCUT2D eigenvalue weighted by Gasteiger charge is 2.41. The number of halogens is 4. The van der Waals surface area contributed by atoms with Gasteiger partial charge in [0.05, 0.1) is 16.3 Å². The molecule has 0 radical (unpaired) electrons. The quantitative estimate of drug-likeness (QED) is 0.859. The van der Waals surface area contributed by atoms with E-state index in [0.29, 0.717) is 0 Å². The minimum atomic E-state index is -4.45. The first-order valence-corrected chi connectivity index (χ1v) is 7.00. The molecule has 1 atom stereocenters. The predicted octanol–water partition coefficient (Wildman–Crippen LogP) is 3.73. The fourth-order valence-corrected chi connectivity index (χ4v) is 2.50. The molecule has 1 aliphatic carbocycles. The second-order valence-electron chi connectivity index (χ2n) is 5.34. The van der Waals surface area contributed by atoms with Gasteiger partial charge in [-0.25, -0.2) is 0 Å². The molecule has 116 valence electrons. The van der Waals surface area contributed by atoms with Crippen LogP contribution >= 0.6 is 11.6 Å². The molecule has 1 unspecified atom stereocenters. The number of hydrogen-bond acceptors (Lipinski definition) is 2. The minimum Gasteiger partial charge on any atom is -0.398 e. The fraction of sp³-hybridized carbons (Fsp3) is 0.500. The molecule has 3 nitrogen and oxygen atoms in total. The highest BCUT2D eigenvalue weighted by atomic mass is 35.5. The standard InChI is InChI=1S/C14H16ClF3N2O/c1-8(9-5-6-9)20(7-14(16,17)18)13(21)10-3-2-4-11(19)12(10)15/h2-4,8-9H,5-7,19H2,1H3. The van der Waals surface area contributed by atoms with Gasteiger partial charge in [-0.3, -0.25) is 4.79 Å². The van der Waals surface area contributed by atoms with E-state index >= 15 is 0 Å². The lowest BCUT2D eigenvalue weighted by Gasteiger charge is -2.30. The van der Waals surface area contributed by atoms with Gasteiger partial charge in [-0.15, -0.1) is 0 Å². The van der Waals surface area contributed by atoms with Crippen molar-refractivity contribution in [3.8, 4) is 0 Å². The zero-order chi connectivity index (χ0) is 15.8. The van der Waals surface area contributed by atoms with E-state index in [2.05, 4.69) is 0 Å². The second kappa shape index (κ2) is 5.75. The number of nitrogens with zero attached hydrogens (tertiary/aromatic N) is 1. The molecule has 0 bridgehead atoms. The summed E-state index contributed by atoms with van der Waals surface area (Å²) in [5, 5.41) is -0.00216. The van der Waals surface area contributed by atoms with Crippen molar-refractivity contribution in [2.75, 3.05) is 12.3 Å². The lowest BCUT2D eigenvalue weighted by molar-refractivity contribution is -0.144. The number of carbonyl (C=O) groups is 1. The van der Waals surface area contributed by atoms with Gasteiger partial charge in [0, 0.05) is 6.04 Å². The van der Waals surface area contributed by atoms with Crippen molar-refractivity contribution in [2.45, 2.75) is 32.0 Å². The molecule has 21 heavy (non-hydrogen) atoms. The Morgan fingerprint density at radius 1 is 1.48 bits per heavy atom. The number of nitrogen functional groups attached to an aromatic ring is 1. The molecule has 7 heteroatoms. The number of amides is 1. The average molecular weight is 321 g/mol. The topological polar surface area (TPSA) is 46.3 Å². The Morgan fingerprint density at radius 2 is 2.10 bits per heavy atom. The molecule has 1 aromatic rings. The van der Waals surface area contributed by atoms with Crippen molar-refractivity contribution in [2.24, 2.45) is 5.92 Å². The molecule has 1 fully saturated rings. The molecule has 2 N–H and O–H groups in total. The zero-order valence-electron chi connectivity index (χ0n) is 11.5. The Balaban J connectivity index is 2.30. The first kappa shape index (κ1) is 15.9. The SMILES string of the molecule is CC(C1CC1)N(CC(F)(F)F)C(=O)c1cccc(N)c1Cl. The molecule has 0 saturated heterocycles. The lowest BCUT2D eigenvalue weighted by Crippen LogP contribution is -2.45. The van der Waals surface area contributed by atoms with Gasteiger partial charge in [0.1, 0.15) is 6.54 Å². The predicted molar refractivity (Wildman–Crippen MR) is 75.1 cm³/mol. The minimum absolute atomic E-state index is 0.00216. The third-order valence-electron chi connectivity index (χ3n) is 3.67. The van der Waals surface area contributed by atoms with E-state index in [9.17, 15) is 18.0 Å². The average Bonchev–Trinajstić information content (AvgIpc) is 3.21. The van der Waals surface area contributed by atoms with E-state index in [1.807, 2.05) is 0 Å². The van der Waals surface area contributed by atoms with Crippen LogP contribution in [0, 0.1) is 5.92 Å². The Bertz CT molecular complexity index is 544. The molecular weight excluding hydrogens is 305 g/mol. The smallest absolute Gasteiger partial charge is 0.398 e. The van der Waals surface area contributed by atoms with E-state index in [1.54, 1.807) is 6.92 Å². The van der Waals surface area contributed by atoms with Crippen LogP contribution in [0.5, 0.6) is 0 Å². The molecular formula is C14H16ClF3N2O. The summed E-state index contributed by atoms with van der Waals surface area (Å²) in [4.78, 5) is 13.3. The number of rotatable bonds is 4. The molecule has 0 aliphatic heterocycles. The van der Waals surface area contributed by atoms with Crippen LogP contribution in [0.15, 0.2) is 18.2 Å². The number of benzene rings is 1. The number of hydrogen-bond donors (Lipinski definition) is 1. The Morgan fingerprint density at radius 3 is 2.62 bits per heavy atom. The normalized spacial score (nSPS) is 16.6. The third-order valence-corrected chi connectivity index (χ3v) is 4.09. The van der Waals surface area contributed by atoms with Crippen molar-refractivity contribution in [1.82, 2.24) is 4.90 Å². The molecule has 0 heterocycles. The summed E-state index contributed by atoms with van der Waals surface area (Å²) < 4.78 is 38.3. The molecule has 1 amide bonds. The van der Waals surface area contributed by atoms with Gasteiger partial charge >= 0.3 is 6.18 Å². The van der Waals surface area contributed by atoms with Gasteiger partial charge in [0.25, 0.3) is 5.91 Å². The van der Waals surface area contributed by atoms with Crippen molar-refractivity contribution < 1.29 is 18.0 Å². The number of carbonyl (C=O) groups excluding carboxylic acids is 1. The summed E-state index contributed by atoms with van der Waals surface area (Å²) in [6.07, 6.45) is -2.77. The van der Waals surface area contributed by atoms with E-state index in [4.69, 9.17) is 17.3 Å². The highest BCUT2D eigenvalue weighted by Crippen LogP contribution is 2.37. The first-order chi connectivity index (χ1) is 9.70. The van der Waals surface area contributed by atoms with Crippen LogP contribution in [0.25, 0.3) is 0 Å². The molecule has 0 spiro atoms. The molecule has 1 aromatic carbocycles. The summed E-state index contributed by atoms with van der Waals surface area (Å²) in [5.74, 6) is -0.611. The summed E-state index contributed by atoms with van der Waals surface area (Å²) >= 11 is 5.95. The van der Waals surface area contributed by atoms with E-state index in [-0.39, 0.29) is 22.2 Å². The lowest BCUT2D eigenvalue weighted by atomic mass is 10.1. The van der Waals surface area contributed by atoms with E-state index in [0.717, 1.165) is 17.7 Å². The van der Waals surface area contributed by atoms with Crippen molar-refractivity contribution in [1.29, 1.82) is 0 Å². The maximum absolute atomic E-state index is 12.8. The van der Waals surface area contributed by atoms with E-state index < -0.39 is 24.7 Å². The Kier molecular flexibility index (Phi) is 4.37. The molecule has 1 aliphatic rings. The van der Waals surface area contributed by atoms with Gasteiger partial charge < -0.3 is 10.6 Å². The van der Waals surface area contributed by atoms with Gasteiger partial charge in [-0.1, -0.05) is 17.7 Å². The van der Waals surface area contributed by atoms with Crippen molar-refractivity contribution in [3.63, 3.8) is 0 Å². The van der Waals surface area contributed by atoms with Crippen molar-refractivity contribution >= 4 is 23.2 Å². The van der Waals surface area contributed by atoms with Crippen LogP contribution < -0.4 is 5.73 Å². The summed E-state index contributed by atoms with van der Waals surface area (Å²) in [6.45, 7) is 0.357. The fourth-order valence-electron chi connectivity index (χ4n) is 2.30. The first-order valence-electron chi connectivity index (χ1n) is 6.62. The summed E-state index contributed by atoms with van der Waals surface area (Å²) in [6, 6.07) is 3.92. The Labute approximate surface area is 125 Å². The van der Waals surface area contributed by atoms with Crippen LogP contribution in [0.3, 0.4) is 0 Å². The van der Waals surface area contributed by atoms with Crippen LogP contribution in [-0.4, -0.2) is 29.6 Å². The maximum Gasteiger partial charge on any atom is 0.406 e. The number of nitrogens with two attached hydrogens (primary N) is 1. The van der Waals surface area contributed by atoms with Crippen LogP contribution in [0.2, 0.25) is 5.02 Å². The van der Waals surface area contributed by atoms with Crippen LogP contribution in [-0.2, 0) is 0 Å². The number of alkyl halides is 3. The van der Waals surface area contributed by atoms with Gasteiger partial charge in [-0.2, -0.15) is 13.2 Å². The van der Waals surface area contributed by atoms with Gasteiger partial charge in [0.2, 0.25) is 0 Å². The maximum atomic E-state index is 12.8. The number of anilines is 1. The van der Waals surface area contributed by atoms with Crippen LogP contribution in [0.1, 0.15) is 30.1 Å². The van der Waals surface area contributed by atoms with Crippen molar-refractivity contribution in [3.05, 3.63) is 28.8 Å². The molecule has 2 rings (SSSR count). The van der Waals surface area contributed by atoms with E-state index in [1.165, 1.54) is 18.2 Å².